The van der Waals surface area contributed by atoms with Crippen LogP contribution in [0.4, 0.5) is 17.1 Å². The van der Waals surface area contributed by atoms with Crippen LogP contribution in [0.15, 0.2) is 368 Å². The lowest BCUT2D eigenvalue weighted by atomic mass is 9.35. The molecule has 0 saturated carbocycles. The maximum absolute atomic E-state index is 3.19. The van der Waals surface area contributed by atoms with Crippen LogP contribution in [0, 0.1) is 0 Å². The van der Waals surface area contributed by atoms with E-state index in [2.05, 4.69) is 384 Å². The number of hydrogen-bond acceptors (Lipinski definition) is 2. The number of para-hydroxylation sites is 1. The van der Waals surface area contributed by atoms with Gasteiger partial charge in [0.1, 0.15) is 0 Å². The summed E-state index contributed by atoms with van der Waals surface area (Å²) in [6.45, 7) is 6.88. The zero-order valence-electron chi connectivity index (χ0n) is 52.5. The standard InChI is InChI=1S/C88H68BNSSi2/c1-88(2,3)70-39-27-36-66(56-70)69-59-84-87-86(60-69)91-85-62-78(93(73-44-21-9-22-45-73,74-46-23-10-24-47-74)76-49-29-38-68(58-76)64-32-13-5-14-33-64)53-55-81(85)89(87)80-54-52-77(61-83(80)90(84)82-51-26-25-50-79(82)65-34-15-6-16-35-65)92(71-40-17-7-18-41-71,72-42-19-8-20-43-72)75-48-28-37-67(57-75)63-30-11-4-12-31-63/h4-62H,1-3H3. The second-order valence-corrected chi connectivity index (χ2v) is 34.6. The SMILES string of the molecule is CC(C)(C)c1cccc(-c2cc3c4c(c2)N(c2ccccc2-c2ccccc2)c2cc([Si](c5ccccc5)(c5ccccc5)c5cccc(-c6ccccc6)c5)ccc2B4c2ccc([Si](c4ccccc4)(c4ccccc4)c4cccc(-c5ccccc5)c4)cc2S3)c1. The van der Waals surface area contributed by atoms with Gasteiger partial charge in [-0.25, -0.2) is 0 Å². The lowest BCUT2D eigenvalue weighted by Gasteiger charge is -2.43. The Balaban J connectivity index is 1.00. The number of hydrogen-bond donors (Lipinski definition) is 0. The van der Waals surface area contributed by atoms with Crippen molar-refractivity contribution in [2.24, 2.45) is 0 Å². The van der Waals surface area contributed by atoms with E-state index in [1.54, 1.807) is 0 Å². The summed E-state index contributed by atoms with van der Waals surface area (Å²) in [5.41, 5.74) is 18.4. The summed E-state index contributed by atoms with van der Waals surface area (Å²) in [6, 6.07) is 136. The Labute approximate surface area is 554 Å². The molecule has 2 aliphatic heterocycles. The van der Waals surface area contributed by atoms with Crippen LogP contribution in [-0.4, -0.2) is 22.9 Å². The van der Waals surface area contributed by atoms with Crippen LogP contribution in [0.25, 0.3) is 44.5 Å². The third-order valence-corrected chi connectivity index (χ3v) is 30.2. The van der Waals surface area contributed by atoms with E-state index in [-0.39, 0.29) is 12.1 Å². The van der Waals surface area contributed by atoms with Crippen LogP contribution in [0.3, 0.4) is 0 Å². The molecule has 14 aromatic rings. The number of benzene rings is 14. The number of rotatable bonds is 13. The molecule has 0 unspecified atom stereocenters. The molecule has 442 valence electrons. The van der Waals surface area contributed by atoms with Gasteiger partial charge in [0, 0.05) is 26.7 Å². The van der Waals surface area contributed by atoms with E-state index in [1.165, 1.54) is 129 Å². The van der Waals surface area contributed by atoms with Crippen molar-refractivity contribution in [3.05, 3.63) is 363 Å². The van der Waals surface area contributed by atoms with Gasteiger partial charge in [-0.05, 0) is 133 Å². The number of nitrogens with zero attached hydrogens (tertiary/aromatic N) is 1. The molecular formula is C88H68BNSSi2. The summed E-state index contributed by atoms with van der Waals surface area (Å²) in [6.07, 6.45) is 0. The van der Waals surface area contributed by atoms with Crippen molar-refractivity contribution >= 4 is 110 Å². The van der Waals surface area contributed by atoms with E-state index >= 15 is 0 Å². The quantitative estimate of drug-likeness (QED) is 0.0836. The van der Waals surface area contributed by atoms with Gasteiger partial charge in [-0.15, -0.1) is 0 Å². The van der Waals surface area contributed by atoms with E-state index in [9.17, 15) is 0 Å². The fraction of sp³-hybridized carbons (Fsp3) is 0.0455. The van der Waals surface area contributed by atoms with E-state index in [4.69, 9.17) is 0 Å². The van der Waals surface area contributed by atoms with Crippen LogP contribution in [0.2, 0.25) is 0 Å². The second-order valence-electron chi connectivity index (χ2n) is 25.9. The molecule has 16 rings (SSSR count). The molecule has 0 saturated heterocycles. The van der Waals surface area contributed by atoms with Crippen molar-refractivity contribution in [3.8, 4) is 44.5 Å². The average molecular weight is 1240 g/mol. The summed E-state index contributed by atoms with van der Waals surface area (Å²) < 4.78 is 0. The van der Waals surface area contributed by atoms with Crippen molar-refractivity contribution < 1.29 is 0 Å². The molecular weight excluding hydrogens is 1170 g/mol. The van der Waals surface area contributed by atoms with E-state index in [0.29, 0.717) is 0 Å². The molecule has 1 nitrogen and oxygen atoms in total. The highest BCUT2D eigenvalue weighted by Crippen LogP contribution is 2.47. The molecule has 14 aromatic carbocycles. The highest BCUT2D eigenvalue weighted by Gasteiger charge is 2.48. The van der Waals surface area contributed by atoms with Crippen LogP contribution >= 0.6 is 11.8 Å². The molecule has 0 fully saturated rings. The first kappa shape index (κ1) is 57.9. The molecule has 0 radical (unpaired) electrons. The fourth-order valence-electron chi connectivity index (χ4n) is 15.2. The summed E-state index contributed by atoms with van der Waals surface area (Å²) in [5.74, 6) is 0. The third kappa shape index (κ3) is 10.1. The van der Waals surface area contributed by atoms with Gasteiger partial charge < -0.3 is 4.90 Å². The minimum Gasteiger partial charge on any atom is -0.311 e. The van der Waals surface area contributed by atoms with Crippen molar-refractivity contribution in [2.45, 2.75) is 36.0 Å². The highest BCUT2D eigenvalue weighted by molar-refractivity contribution is 8.00. The van der Waals surface area contributed by atoms with Gasteiger partial charge in [0.25, 0.3) is 0 Å². The Morgan fingerprint density at radius 2 is 0.667 bits per heavy atom. The zero-order valence-corrected chi connectivity index (χ0v) is 55.3. The average Bonchev–Trinajstić information content (AvgIpc) is 0.701. The third-order valence-electron chi connectivity index (χ3n) is 19.6. The normalized spacial score (nSPS) is 12.6. The Bertz CT molecular complexity index is 4960. The van der Waals surface area contributed by atoms with Gasteiger partial charge in [-0.3, -0.25) is 0 Å². The van der Waals surface area contributed by atoms with Crippen molar-refractivity contribution in [1.29, 1.82) is 0 Å². The number of anilines is 3. The Hall–Kier alpha value is -10.3. The smallest absolute Gasteiger partial charge is 0.249 e. The van der Waals surface area contributed by atoms with E-state index in [0.717, 1.165) is 5.69 Å². The van der Waals surface area contributed by atoms with E-state index < -0.39 is 16.1 Å². The topological polar surface area (TPSA) is 3.24 Å². The first-order valence-electron chi connectivity index (χ1n) is 32.5. The van der Waals surface area contributed by atoms with Gasteiger partial charge in [0.15, 0.2) is 16.1 Å². The van der Waals surface area contributed by atoms with Gasteiger partial charge in [0.05, 0.1) is 5.69 Å². The molecule has 0 amide bonds. The van der Waals surface area contributed by atoms with Crippen LogP contribution in [-0.2, 0) is 5.41 Å². The maximum Gasteiger partial charge on any atom is 0.249 e. The van der Waals surface area contributed by atoms with Crippen LogP contribution in [0.5, 0.6) is 0 Å². The first-order chi connectivity index (χ1) is 45.7. The molecule has 0 aromatic heterocycles. The summed E-state index contributed by atoms with van der Waals surface area (Å²) in [5, 5.41) is 10.8. The first-order valence-corrected chi connectivity index (χ1v) is 37.3. The van der Waals surface area contributed by atoms with Gasteiger partial charge >= 0.3 is 0 Å². The highest BCUT2D eigenvalue weighted by atomic mass is 32.2. The molecule has 0 N–H and O–H groups in total. The van der Waals surface area contributed by atoms with Crippen molar-refractivity contribution in [2.75, 3.05) is 4.90 Å². The maximum atomic E-state index is 2.67. The van der Waals surface area contributed by atoms with Crippen LogP contribution in [0.1, 0.15) is 26.3 Å². The zero-order chi connectivity index (χ0) is 62.5. The monoisotopic (exact) mass is 1240 g/mol. The molecule has 2 heterocycles. The van der Waals surface area contributed by atoms with Crippen molar-refractivity contribution in [3.63, 3.8) is 0 Å². The minimum absolute atomic E-state index is 0.0489. The lowest BCUT2D eigenvalue weighted by molar-refractivity contribution is 0.590. The van der Waals surface area contributed by atoms with Gasteiger partial charge in [-0.2, -0.15) is 0 Å². The molecule has 2 aliphatic rings. The van der Waals surface area contributed by atoms with Gasteiger partial charge in [-0.1, -0.05) is 366 Å². The summed E-state index contributed by atoms with van der Waals surface area (Å²) in [7, 11) is -6.25. The number of fused-ring (bicyclic) bond motifs is 4. The Morgan fingerprint density at radius 1 is 0.269 bits per heavy atom. The largest absolute Gasteiger partial charge is 0.311 e. The van der Waals surface area contributed by atoms with Gasteiger partial charge in [0.2, 0.25) is 6.71 Å². The molecule has 0 atom stereocenters. The summed E-state index contributed by atoms with van der Waals surface area (Å²) >= 11 is 1.96. The Kier molecular flexibility index (Phi) is 15.0. The lowest BCUT2D eigenvalue weighted by Crippen LogP contribution is -2.75. The fourth-order valence-corrected chi connectivity index (χ4v) is 26.1. The van der Waals surface area contributed by atoms with Crippen LogP contribution < -0.4 is 62.8 Å². The minimum atomic E-state index is -3.19. The second kappa shape index (κ2) is 24.1. The summed E-state index contributed by atoms with van der Waals surface area (Å²) in [4.78, 5) is 5.25. The predicted molar refractivity (Wildman–Crippen MR) is 404 cm³/mol. The Morgan fingerprint density at radius 3 is 1.17 bits per heavy atom. The van der Waals surface area contributed by atoms with Crippen molar-refractivity contribution in [1.82, 2.24) is 0 Å². The molecule has 5 heteroatoms. The predicted octanol–water partition coefficient (Wildman–Crippen LogP) is 15.2. The van der Waals surface area contributed by atoms with E-state index in [1.807, 2.05) is 11.8 Å². The molecule has 93 heavy (non-hydrogen) atoms. The molecule has 0 aliphatic carbocycles. The molecule has 0 bridgehead atoms. The molecule has 0 spiro atoms.